The summed E-state index contributed by atoms with van der Waals surface area (Å²) in [6.45, 7) is 6.88. The van der Waals surface area contributed by atoms with Crippen LogP contribution in [0, 0.1) is 5.82 Å². The number of unbranched alkanes of at least 4 members (excludes halogenated alkanes) is 5. The minimum atomic E-state index is -0.192. The number of carbonyl (C=O) groups is 1. The molecular weight excluding hydrogens is 325 g/mol. The molecule has 0 bridgehead atoms. The fourth-order valence-electron chi connectivity index (χ4n) is 3.23. The number of carbonyl (C=O) groups excluding carboxylic acids is 1. The fourth-order valence-corrected chi connectivity index (χ4v) is 3.23. The van der Waals surface area contributed by atoms with Crippen molar-refractivity contribution in [3.8, 4) is 0 Å². The first kappa shape index (κ1) is 22.4. The molecule has 0 aliphatic heterocycles. The SMILES string of the molecule is CCCCCCCCN(C(C)=O)C(/C=C/CCc1ccc(F)cc1)CC. The summed E-state index contributed by atoms with van der Waals surface area (Å²) in [6.07, 6.45) is 14.5. The minimum absolute atomic E-state index is 0.161. The van der Waals surface area contributed by atoms with E-state index in [0.717, 1.165) is 37.8 Å². The number of benzene rings is 1. The summed E-state index contributed by atoms with van der Waals surface area (Å²) in [7, 11) is 0. The van der Waals surface area contributed by atoms with Crippen molar-refractivity contribution >= 4 is 5.91 Å². The van der Waals surface area contributed by atoms with E-state index in [0.29, 0.717) is 0 Å². The molecule has 0 aliphatic carbocycles. The molecular formula is C23H36FNO. The van der Waals surface area contributed by atoms with Crippen LogP contribution in [0.5, 0.6) is 0 Å². The van der Waals surface area contributed by atoms with Crippen molar-refractivity contribution in [1.82, 2.24) is 4.90 Å². The molecule has 0 aromatic heterocycles. The van der Waals surface area contributed by atoms with Crippen LogP contribution >= 0.6 is 0 Å². The van der Waals surface area contributed by atoms with Crippen molar-refractivity contribution in [1.29, 1.82) is 0 Å². The van der Waals surface area contributed by atoms with Crippen molar-refractivity contribution in [3.63, 3.8) is 0 Å². The number of hydrogen-bond acceptors (Lipinski definition) is 1. The highest BCUT2D eigenvalue weighted by Crippen LogP contribution is 2.12. The van der Waals surface area contributed by atoms with Crippen LogP contribution in [0.3, 0.4) is 0 Å². The Kier molecular flexibility index (Phi) is 11.7. The second-order valence-corrected chi connectivity index (χ2v) is 7.05. The predicted octanol–water partition coefficient (Wildman–Crippen LogP) is 6.30. The molecule has 0 heterocycles. The lowest BCUT2D eigenvalue weighted by Crippen LogP contribution is -2.38. The van der Waals surface area contributed by atoms with Gasteiger partial charge in [-0.1, -0.05) is 70.2 Å². The number of aryl methyl sites for hydroxylation is 1. The Balaban J connectivity index is 2.42. The van der Waals surface area contributed by atoms with Crippen molar-refractivity contribution < 1.29 is 9.18 Å². The Labute approximate surface area is 159 Å². The zero-order chi connectivity index (χ0) is 19.2. The van der Waals surface area contributed by atoms with E-state index in [9.17, 15) is 9.18 Å². The van der Waals surface area contributed by atoms with Crippen LogP contribution in [0.25, 0.3) is 0 Å². The van der Waals surface area contributed by atoms with Gasteiger partial charge in [-0.15, -0.1) is 0 Å². The molecule has 0 fully saturated rings. The summed E-state index contributed by atoms with van der Waals surface area (Å²) in [5, 5.41) is 0. The van der Waals surface area contributed by atoms with Crippen molar-refractivity contribution in [2.45, 2.75) is 84.6 Å². The van der Waals surface area contributed by atoms with Gasteiger partial charge in [0, 0.05) is 19.5 Å². The van der Waals surface area contributed by atoms with Crippen molar-refractivity contribution in [3.05, 3.63) is 47.8 Å². The van der Waals surface area contributed by atoms with Crippen molar-refractivity contribution in [2.24, 2.45) is 0 Å². The van der Waals surface area contributed by atoms with Gasteiger partial charge in [0.15, 0.2) is 0 Å². The zero-order valence-corrected chi connectivity index (χ0v) is 16.8. The third-order valence-corrected chi connectivity index (χ3v) is 4.85. The molecule has 1 rings (SSSR count). The predicted molar refractivity (Wildman–Crippen MR) is 109 cm³/mol. The molecule has 2 nitrogen and oxygen atoms in total. The van der Waals surface area contributed by atoms with Gasteiger partial charge < -0.3 is 4.90 Å². The van der Waals surface area contributed by atoms with Crippen LogP contribution in [0.2, 0.25) is 0 Å². The summed E-state index contributed by atoms with van der Waals surface area (Å²) in [5.41, 5.74) is 1.14. The normalized spacial score (nSPS) is 12.5. The fraction of sp³-hybridized carbons (Fsp3) is 0.609. The van der Waals surface area contributed by atoms with E-state index >= 15 is 0 Å². The van der Waals surface area contributed by atoms with E-state index in [-0.39, 0.29) is 17.8 Å². The van der Waals surface area contributed by atoms with Gasteiger partial charge in [0.1, 0.15) is 5.82 Å². The molecule has 1 unspecified atom stereocenters. The molecule has 0 spiro atoms. The maximum atomic E-state index is 12.9. The quantitative estimate of drug-likeness (QED) is 0.298. The molecule has 1 aromatic carbocycles. The highest BCUT2D eigenvalue weighted by Gasteiger charge is 2.16. The number of hydrogen-bond donors (Lipinski definition) is 0. The van der Waals surface area contributed by atoms with Crippen LogP contribution in [0.1, 0.15) is 77.7 Å². The maximum absolute atomic E-state index is 12.9. The minimum Gasteiger partial charge on any atom is -0.337 e. The molecule has 3 heteroatoms. The van der Waals surface area contributed by atoms with Gasteiger partial charge in [-0.2, -0.15) is 0 Å². The largest absolute Gasteiger partial charge is 0.337 e. The topological polar surface area (TPSA) is 20.3 Å². The molecule has 1 aromatic rings. The van der Waals surface area contributed by atoms with Gasteiger partial charge in [-0.05, 0) is 43.4 Å². The van der Waals surface area contributed by atoms with Crippen LogP contribution in [-0.4, -0.2) is 23.4 Å². The average molecular weight is 362 g/mol. The lowest BCUT2D eigenvalue weighted by Gasteiger charge is -2.28. The third kappa shape index (κ3) is 9.17. The van der Waals surface area contributed by atoms with Gasteiger partial charge in [0.05, 0.1) is 0 Å². The number of rotatable bonds is 13. The van der Waals surface area contributed by atoms with Crippen LogP contribution in [0.15, 0.2) is 36.4 Å². The summed E-state index contributed by atoms with van der Waals surface area (Å²) >= 11 is 0. The molecule has 0 radical (unpaired) electrons. The number of amides is 1. The highest BCUT2D eigenvalue weighted by molar-refractivity contribution is 5.73. The molecule has 0 saturated carbocycles. The van der Waals surface area contributed by atoms with E-state index < -0.39 is 0 Å². The Morgan fingerprint density at radius 1 is 1.08 bits per heavy atom. The number of allylic oxidation sites excluding steroid dienone is 1. The average Bonchev–Trinajstić information content (AvgIpc) is 2.63. The van der Waals surface area contributed by atoms with E-state index in [1.165, 1.54) is 44.2 Å². The third-order valence-electron chi connectivity index (χ3n) is 4.85. The molecule has 1 atom stereocenters. The van der Waals surface area contributed by atoms with E-state index in [2.05, 4.69) is 26.0 Å². The number of nitrogens with zero attached hydrogens (tertiary/aromatic N) is 1. The monoisotopic (exact) mass is 361 g/mol. The Morgan fingerprint density at radius 2 is 1.73 bits per heavy atom. The molecule has 0 saturated heterocycles. The van der Waals surface area contributed by atoms with E-state index in [1.54, 1.807) is 6.92 Å². The van der Waals surface area contributed by atoms with Gasteiger partial charge >= 0.3 is 0 Å². The zero-order valence-electron chi connectivity index (χ0n) is 16.8. The van der Waals surface area contributed by atoms with E-state index in [4.69, 9.17) is 0 Å². The van der Waals surface area contributed by atoms with Crippen LogP contribution in [0.4, 0.5) is 4.39 Å². The van der Waals surface area contributed by atoms with Crippen LogP contribution < -0.4 is 0 Å². The molecule has 0 aliphatic rings. The first-order chi connectivity index (χ1) is 12.6. The first-order valence-electron chi connectivity index (χ1n) is 10.3. The lowest BCUT2D eigenvalue weighted by molar-refractivity contribution is -0.130. The Hall–Kier alpha value is -1.64. The van der Waals surface area contributed by atoms with Crippen LogP contribution in [-0.2, 0) is 11.2 Å². The van der Waals surface area contributed by atoms with Crippen molar-refractivity contribution in [2.75, 3.05) is 6.54 Å². The molecule has 0 N–H and O–H groups in total. The van der Waals surface area contributed by atoms with E-state index in [1.807, 2.05) is 17.0 Å². The summed E-state index contributed by atoms with van der Waals surface area (Å²) in [6, 6.07) is 6.86. The molecule has 26 heavy (non-hydrogen) atoms. The highest BCUT2D eigenvalue weighted by atomic mass is 19.1. The second kappa shape index (κ2) is 13.5. The van der Waals surface area contributed by atoms with Gasteiger partial charge in [-0.3, -0.25) is 4.79 Å². The maximum Gasteiger partial charge on any atom is 0.219 e. The summed E-state index contributed by atoms with van der Waals surface area (Å²) in [5.74, 6) is -0.0317. The lowest BCUT2D eigenvalue weighted by atomic mass is 10.1. The standard InChI is InChI=1S/C23H36FNO/c1-4-6-7-8-9-12-19-25(20(3)26)23(5-2)14-11-10-13-21-15-17-22(24)18-16-21/h11,14-18,23H,4-10,12-13,19H2,1-3H3/b14-11+. The molecule has 1 amide bonds. The number of halogens is 1. The van der Waals surface area contributed by atoms with Gasteiger partial charge in [-0.25, -0.2) is 4.39 Å². The Morgan fingerprint density at radius 3 is 2.35 bits per heavy atom. The van der Waals surface area contributed by atoms with Gasteiger partial charge in [0.2, 0.25) is 5.91 Å². The Bertz CT molecular complexity index is 524. The summed E-state index contributed by atoms with van der Waals surface area (Å²) < 4.78 is 12.9. The second-order valence-electron chi connectivity index (χ2n) is 7.05. The molecule has 146 valence electrons. The van der Waals surface area contributed by atoms with Gasteiger partial charge in [0.25, 0.3) is 0 Å². The smallest absolute Gasteiger partial charge is 0.219 e. The first-order valence-corrected chi connectivity index (χ1v) is 10.3. The summed E-state index contributed by atoms with van der Waals surface area (Å²) in [4.78, 5) is 14.1.